The highest BCUT2D eigenvalue weighted by atomic mass is 16.2. The van der Waals surface area contributed by atoms with Crippen LogP contribution in [-0.4, -0.2) is 41.6 Å². The zero-order valence-corrected chi connectivity index (χ0v) is 12.4. The second kappa shape index (κ2) is 6.17. The van der Waals surface area contributed by atoms with Crippen LogP contribution in [0.1, 0.15) is 31.2 Å². The molecule has 0 bridgehead atoms. The van der Waals surface area contributed by atoms with E-state index in [4.69, 9.17) is 5.73 Å². The number of carbonyl (C=O) groups is 1. The molecule has 1 fully saturated rings. The first-order valence-corrected chi connectivity index (χ1v) is 7.13. The molecule has 1 aliphatic rings. The van der Waals surface area contributed by atoms with E-state index in [1.165, 1.54) is 0 Å². The number of aromatic nitrogens is 2. The number of rotatable bonds is 4. The number of nitrogens with two attached hydrogens (primary N) is 1. The van der Waals surface area contributed by atoms with Gasteiger partial charge in [-0.05, 0) is 19.8 Å². The Bertz CT molecular complexity index is 490. The smallest absolute Gasteiger partial charge is 0.242 e. The van der Waals surface area contributed by atoms with E-state index < -0.39 is 0 Å². The lowest BCUT2D eigenvalue weighted by Crippen LogP contribution is -2.42. The van der Waals surface area contributed by atoms with Gasteiger partial charge < -0.3 is 16.0 Å². The van der Waals surface area contributed by atoms with Gasteiger partial charge in [-0.25, -0.2) is 9.97 Å². The molecule has 0 saturated carbocycles. The largest absolute Gasteiger partial charge is 0.357 e. The highest BCUT2D eigenvalue weighted by molar-refractivity contribution is 5.85. The van der Waals surface area contributed by atoms with Crippen molar-refractivity contribution in [2.75, 3.05) is 18.5 Å². The monoisotopic (exact) mass is 277 g/mol. The van der Waals surface area contributed by atoms with Crippen LogP contribution in [0.15, 0.2) is 6.20 Å². The molecule has 0 unspecified atom stereocenters. The second-order valence-electron chi connectivity index (χ2n) is 5.29. The Labute approximate surface area is 119 Å². The Balaban J connectivity index is 2.37. The number of aryl methyl sites for hydroxylation is 2. The van der Waals surface area contributed by atoms with E-state index in [-0.39, 0.29) is 18.0 Å². The van der Waals surface area contributed by atoms with Crippen LogP contribution in [0.25, 0.3) is 0 Å². The van der Waals surface area contributed by atoms with Crippen molar-refractivity contribution < 1.29 is 4.79 Å². The van der Waals surface area contributed by atoms with Crippen LogP contribution < -0.4 is 16.0 Å². The number of nitrogens with one attached hydrogen (secondary N) is 1. The number of likely N-dealkylation sites (N-methyl/N-ethyl adjacent to an activating group) is 1. The summed E-state index contributed by atoms with van der Waals surface area (Å²) in [5.41, 5.74) is 7.13. The Hall–Kier alpha value is -1.69. The van der Waals surface area contributed by atoms with Gasteiger partial charge in [-0.1, -0.05) is 13.3 Å². The lowest BCUT2D eigenvalue weighted by Gasteiger charge is -2.26. The molecule has 0 aliphatic carbocycles. The third kappa shape index (κ3) is 2.90. The van der Waals surface area contributed by atoms with E-state index in [0.717, 1.165) is 30.0 Å². The molecular formula is C14H23N5O. The molecule has 110 valence electrons. The van der Waals surface area contributed by atoms with Gasteiger partial charge in [0.1, 0.15) is 17.7 Å². The van der Waals surface area contributed by atoms with Gasteiger partial charge in [0.15, 0.2) is 0 Å². The van der Waals surface area contributed by atoms with Crippen LogP contribution in [0.3, 0.4) is 0 Å². The van der Waals surface area contributed by atoms with Crippen LogP contribution in [0.5, 0.6) is 0 Å². The maximum atomic E-state index is 12.0. The summed E-state index contributed by atoms with van der Waals surface area (Å²) < 4.78 is 0. The first-order valence-electron chi connectivity index (χ1n) is 7.13. The second-order valence-corrected chi connectivity index (χ2v) is 5.29. The van der Waals surface area contributed by atoms with Crippen molar-refractivity contribution >= 4 is 11.7 Å². The van der Waals surface area contributed by atoms with Crippen LogP contribution in [-0.2, 0) is 11.2 Å². The zero-order chi connectivity index (χ0) is 14.7. The maximum absolute atomic E-state index is 12.0. The summed E-state index contributed by atoms with van der Waals surface area (Å²) in [4.78, 5) is 22.9. The Morgan fingerprint density at radius 3 is 3.00 bits per heavy atom. The molecule has 6 nitrogen and oxygen atoms in total. The summed E-state index contributed by atoms with van der Waals surface area (Å²) in [7, 11) is 1.66. The summed E-state index contributed by atoms with van der Waals surface area (Å²) >= 11 is 0. The van der Waals surface area contributed by atoms with Gasteiger partial charge in [-0.2, -0.15) is 0 Å². The molecule has 0 spiro atoms. The van der Waals surface area contributed by atoms with Gasteiger partial charge in [0, 0.05) is 31.4 Å². The van der Waals surface area contributed by atoms with E-state index in [0.29, 0.717) is 13.0 Å². The molecule has 3 N–H and O–H groups in total. The van der Waals surface area contributed by atoms with Crippen molar-refractivity contribution in [3.05, 3.63) is 17.6 Å². The Morgan fingerprint density at radius 1 is 1.60 bits per heavy atom. The Kier molecular flexibility index (Phi) is 4.54. The molecule has 1 aromatic heterocycles. The van der Waals surface area contributed by atoms with Crippen molar-refractivity contribution in [3.8, 4) is 0 Å². The summed E-state index contributed by atoms with van der Waals surface area (Å²) in [6.45, 7) is 4.64. The molecule has 0 aromatic carbocycles. The van der Waals surface area contributed by atoms with Crippen molar-refractivity contribution in [2.24, 2.45) is 5.73 Å². The van der Waals surface area contributed by atoms with Crippen LogP contribution in [0, 0.1) is 6.92 Å². The fourth-order valence-corrected chi connectivity index (χ4v) is 2.70. The normalized spacial score (nSPS) is 22.1. The van der Waals surface area contributed by atoms with E-state index in [9.17, 15) is 4.79 Å². The first-order chi connectivity index (χ1) is 9.56. The van der Waals surface area contributed by atoms with Crippen LogP contribution in [0.2, 0.25) is 0 Å². The molecule has 2 heterocycles. The van der Waals surface area contributed by atoms with Gasteiger partial charge in [0.25, 0.3) is 0 Å². The average Bonchev–Trinajstić information content (AvgIpc) is 2.82. The molecule has 1 aliphatic heterocycles. The summed E-state index contributed by atoms with van der Waals surface area (Å²) in [6.07, 6.45) is 4.45. The molecule has 6 heteroatoms. The fraction of sp³-hybridized carbons (Fsp3) is 0.643. The zero-order valence-electron chi connectivity index (χ0n) is 12.4. The minimum Gasteiger partial charge on any atom is -0.357 e. The third-order valence-electron chi connectivity index (χ3n) is 3.64. The summed E-state index contributed by atoms with van der Waals surface area (Å²) in [5.74, 6) is 1.58. The molecule has 0 radical (unpaired) electrons. The standard InChI is InChI=1S/C14H23N5O/c1-4-5-10-7-17-9(2)18-13(10)19-8-11(15)6-12(19)14(20)16-3/h7,11-12H,4-6,8,15H2,1-3H3,(H,16,20)/t11-,12+/m1/s1. The predicted octanol–water partition coefficient (Wildman–Crippen LogP) is 0.390. The number of anilines is 1. The van der Waals surface area contributed by atoms with Crippen LogP contribution >= 0.6 is 0 Å². The van der Waals surface area contributed by atoms with E-state index in [1.54, 1.807) is 7.05 Å². The molecule has 2 rings (SSSR count). The van der Waals surface area contributed by atoms with Gasteiger partial charge in [0.2, 0.25) is 5.91 Å². The molecule has 2 atom stereocenters. The van der Waals surface area contributed by atoms with Crippen LogP contribution in [0.4, 0.5) is 5.82 Å². The van der Waals surface area contributed by atoms with Crippen molar-refractivity contribution in [1.29, 1.82) is 0 Å². The minimum atomic E-state index is -0.236. The quantitative estimate of drug-likeness (QED) is 0.831. The van der Waals surface area contributed by atoms with Crippen molar-refractivity contribution in [1.82, 2.24) is 15.3 Å². The first kappa shape index (κ1) is 14.7. The van der Waals surface area contributed by atoms with Crippen molar-refractivity contribution in [2.45, 2.75) is 45.2 Å². The average molecular weight is 277 g/mol. The van der Waals surface area contributed by atoms with Crippen molar-refractivity contribution in [3.63, 3.8) is 0 Å². The summed E-state index contributed by atoms with van der Waals surface area (Å²) in [6, 6.07) is -0.234. The fourth-order valence-electron chi connectivity index (χ4n) is 2.70. The van der Waals surface area contributed by atoms with Gasteiger partial charge in [-0.3, -0.25) is 4.79 Å². The number of nitrogens with zero attached hydrogens (tertiary/aromatic N) is 3. The van der Waals surface area contributed by atoms with E-state index >= 15 is 0 Å². The highest BCUT2D eigenvalue weighted by Crippen LogP contribution is 2.27. The van der Waals surface area contributed by atoms with Gasteiger partial charge >= 0.3 is 0 Å². The van der Waals surface area contributed by atoms with E-state index in [1.807, 2.05) is 18.0 Å². The summed E-state index contributed by atoms with van der Waals surface area (Å²) in [5, 5.41) is 2.71. The lowest BCUT2D eigenvalue weighted by molar-refractivity contribution is -0.121. The van der Waals surface area contributed by atoms with Gasteiger partial charge in [0.05, 0.1) is 0 Å². The molecule has 20 heavy (non-hydrogen) atoms. The number of amides is 1. The number of carbonyl (C=O) groups excluding carboxylic acids is 1. The number of hydrogen-bond donors (Lipinski definition) is 2. The Morgan fingerprint density at radius 2 is 2.35 bits per heavy atom. The molecule has 1 saturated heterocycles. The molecule has 1 aromatic rings. The van der Waals surface area contributed by atoms with E-state index in [2.05, 4.69) is 22.2 Å². The maximum Gasteiger partial charge on any atom is 0.242 e. The number of hydrogen-bond acceptors (Lipinski definition) is 5. The SMILES string of the molecule is CCCc1cnc(C)nc1N1C[C@H](N)C[C@H]1C(=O)NC. The minimum absolute atomic E-state index is 0.00190. The third-order valence-corrected chi connectivity index (χ3v) is 3.64. The predicted molar refractivity (Wildman–Crippen MR) is 78.6 cm³/mol. The topological polar surface area (TPSA) is 84.1 Å². The molecular weight excluding hydrogens is 254 g/mol. The highest BCUT2D eigenvalue weighted by Gasteiger charge is 2.36. The van der Waals surface area contributed by atoms with Gasteiger partial charge in [-0.15, -0.1) is 0 Å². The molecule has 1 amide bonds. The lowest BCUT2D eigenvalue weighted by atomic mass is 10.1.